The number of hydrogen-bond donors (Lipinski definition) is 1. The van der Waals surface area contributed by atoms with Gasteiger partial charge in [0.25, 0.3) is 0 Å². The second-order valence-electron chi connectivity index (χ2n) is 5.51. The standard InChI is InChI=1S/C15H19FN2O2/c16-13-3-1-2-11(6-13)8-18-9-14(20-10-15(18)19)12-4-5-17-7-12/h1-3,6,12,14,17H,4-5,7-10H2. The molecule has 20 heavy (non-hydrogen) atoms. The molecule has 0 aromatic heterocycles. The molecule has 0 spiro atoms. The largest absolute Gasteiger partial charge is 0.366 e. The van der Waals surface area contributed by atoms with E-state index in [1.54, 1.807) is 11.0 Å². The van der Waals surface area contributed by atoms with Crippen molar-refractivity contribution in [1.82, 2.24) is 10.2 Å². The van der Waals surface area contributed by atoms with Crippen molar-refractivity contribution < 1.29 is 13.9 Å². The summed E-state index contributed by atoms with van der Waals surface area (Å²) in [6.45, 7) is 3.16. The normalized spacial score (nSPS) is 27.1. The first-order chi connectivity index (χ1) is 9.72. The number of amides is 1. The predicted octanol–water partition coefficient (Wildman–Crippen LogP) is 1.16. The molecule has 0 saturated carbocycles. The lowest BCUT2D eigenvalue weighted by molar-refractivity contribution is -0.152. The molecule has 5 heteroatoms. The monoisotopic (exact) mass is 278 g/mol. The molecule has 2 aliphatic heterocycles. The molecule has 4 nitrogen and oxygen atoms in total. The van der Waals surface area contributed by atoms with Gasteiger partial charge in [0.2, 0.25) is 5.91 Å². The molecule has 2 saturated heterocycles. The van der Waals surface area contributed by atoms with Crippen LogP contribution in [0.15, 0.2) is 24.3 Å². The fourth-order valence-electron chi connectivity index (χ4n) is 2.93. The number of morpholine rings is 1. The highest BCUT2D eigenvalue weighted by Gasteiger charge is 2.33. The summed E-state index contributed by atoms with van der Waals surface area (Å²) in [5.41, 5.74) is 0.823. The van der Waals surface area contributed by atoms with Crippen LogP contribution in [0, 0.1) is 11.7 Å². The van der Waals surface area contributed by atoms with E-state index in [-0.39, 0.29) is 24.4 Å². The number of benzene rings is 1. The lowest BCUT2D eigenvalue weighted by atomic mass is 9.99. The average Bonchev–Trinajstić information content (AvgIpc) is 2.95. The van der Waals surface area contributed by atoms with Gasteiger partial charge >= 0.3 is 0 Å². The van der Waals surface area contributed by atoms with Gasteiger partial charge in [-0.1, -0.05) is 12.1 Å². The number of rotatable bonds is 3. The number of carbonyl (C=O) groups is 1. The Bertz CT molecular complexity index is 489. The summed E-state index contributed by atoms with van der Waals surface area (Å²) in [5, 5.41) is 3.32. The first-order valence-electron chi connectivity index (χ1n) is 7.07. The first-order valence-corrected chi connectivity index (χ1v) is 7.07. The van der Waals surface area contributed by atoms with Crippen LogP contribution in [-0.4, -0.2) is 43.2 Å². The SMILES string of the molecule is O=C1COC(C2CCNC2)CN1Cc1cccc(F)c1. The van der Waals surface area contributed by atoms with E-state index in [1.165, 1.54) is 12.1 Å². The predicted molar refractivity (Wildman–Crippen MR) is 72.5 cm³/mol. The van der Waals surface area contributed by atoms with Crippen LogP contribution >= 0.6 is 0 Å². The van der Waals surface area contributed by atoms with Gasteiger partial charge in [-0.25, -0.2) is 4.39 Å². The van der Waals surface area contributed by atoms with Gasteiger partial charge in [0.1, 0.15) is 12.4 Å². The molecule has 1 aromatic carbocycles. The van der Waals surface area contributed by atoms with Gasteiger partial charge in [0, 0.05) is 25.6 Å². The molecule has 2 unspecified atom stereocenters. The van der Waals surface area contributed by atoms with Crippen LogP contribution in [0.2, 0.25) is 0 Å². The Morgan fingerprint density at radius 3 is 3.10 bits per heavy atom. The highest BCUT2D eigenvalue weighted by Crippen LogP contribution is 2.21. The number of halogens is 1. The summed E-state index contributed by atoms with van der Waals surface area (Å²) >= 11 is 0. The molecule has 2 heterocycles. The number of hydrogen-bond acceptors (Lipinski definition) is 3. The van der Waals surface area contributed by atoms with Gasteiger partial charge < -0.3 is 15.0 Å². The number of ether oxygens (including phenoxy) is 1. The maximum absolute atomic E-state index is 13.2. The Kier molecular flexibility index (Phi) is 3.98. The van der Waals surface area contributed by atoms with Crippen LogP contribution in [0.5, 0.6) is 0 Å². The summed E-state index contributed by atoms with van der Waals surface area (Å²) in [7, 11) is 0. The second-order valence-corrected chi connectivity index (χ2v) is 5.51. The molecule has 0 bridgehead atoms. The van der Waals surface area contributed by atoms with E-state index in [1.807, 2.05) is 6.07 Å². The van der Waals surface area contributed by atoms with Crippen LogP contribution < -0.4 is 5.32 Å². The Labute approximate surface area is 117 Å². The van der Waals surface area contributed by atoms with E-state index in [9.17, 15) is 9.18 Å². The molecule has 0 radical (unpaired) electrons. The number of nitrogens with zero attached hydrogens (tertiary/aromatic N) is 1. The summed E-state index contributed by atoms with van der Waals surface area (Å²) in [5.74, 6) is 0.189. The second kappa shape index (κ2) is 5.89. The molecule has 0 aliphatic carbocycles. The molecule has 2 aliphatic rings. The number of nitrogens with one attached hydrogen (secondary N) is 1. The van der Waals surface area contributed by atoms with E-state index in [4.69, 9.17) is 4.74 Å². The maximum atomic E-state index is 13.2. The third-order valence-electron chi connectivity index (χ3n) is 4.06. The molecule has 108 valence electrons. The van der Waals surface area contributed by atoms with Crippen molar-refractivity contribution in [2.45, 2.75) is 19.1 Å². The van der Waals surface area contributed by atoms with E-state index in [0.29, 0.717) is 19.0 Å². The fraction of sp³-hybridized carbons (Fsp3) is 0.533. The third-order valence-corrected chi connectivity index (χ3v) is 4.06. The van der Waals surface area contributed by atoms with Gasteiger partial charge in [-0.3, -0.25) is 4.79 Å². The highest BCUT2D eigenvalue weighted by molar-refractivity contribution is 5.78. The highest BCUT2D eigenvalue weighted by atomic mass is 19.1. The molecule has 1 aromatic rings. The minimum Gasteiger partial charge on any atom is -0.366 e. The molecule has 1 amide bonds. The van der Waals surface area contributed by atoms with E-state index < -0.39 is 0 Å². The summed E-state index contributed by atoms with van der Waals surface area (Å²) < 4.78 is 18.9. The van der Waals surface area contributed by atoms with Gasteiger partial charge in [0.05, 0.1) is 6.10 Å². The van der Waals surface area contributed by atoms with Crippen LogP contribution in [0.3, 0.4) is 0 Å². The minimum atomic E-state index is -0.264. The van der Waals surface area contributed by atoms with Crippen molar-refractivity contribution in [3.8, 4) is 0 Å². The van der Waals surface area contributed by atoms with Crippen molar-refractivity contribution in [2.24, 2.45) is 5.92 Å². The zero-order valence-corrected chi connectivity index (χ0v) is 11.3. The smallest absolute Gasteiger partial charge is 0.248 e. The third kappa shape index (κ3) is 2.99. The van der Waals surface area contributed by atoms with Gasteiger partial charge in [0.15, 0.2) is 0 Å². The summed E-state index contributed by atoms with van der Waals surface area (Å²) in [6.07, 6.45) is 1.18. The molecular weight excluding hydrogens is 259 g/mol. The summed E-state index contributed by atoms with van der Waals surface area (Å²) in [6, 6.07) is 6.42. The van der Waals surface area contributed by atoms with Gasteiger partial charge in [-0.2, -0.15) is 0 Å². The Morgan fingerprint density at radius 2 is 2.35 bits per heavy atom. The zero-order chi connectivity index (χ0) is 13.9. The molecule has 2 atom stereocenters. The van der Waals surface area contributed by atoms with Crippen molar-refractivity contribution in [1.29, 1.82) is 0 Å². The van der Waals surface area contributed by atoms with E-state index >= 15 is 0 Å². The molecular formula is C15H19FN2O2. The van der Waals surface area contributed by atoms with Crippen molar-refractivity contribution in [3.63, 3.8) is 0 Å². The van der Waals surface area contributed by atoms with E-state index in [2.05, 4.69) is 5.32 Å². The van der Waals surface area contributed by atoms with Crippen LogP contribution in [0.1, 0.15) is 12.0 Å². The molecule has 1 N–H and O–H groups in total. The lowest BCUT2D eigenvalue weighted by Gasteiger charge is -2.35. The van der Waals surface area contributed by atoms with Crippen molar-refractivity contribution in [2.75, 3.05) is 26.2 Å². The first kappa shape index (κ1) is 13.5. The average molecular weight is 278 g/mol. The quantitative estimate of drug-likeness (QED) is 0.902. The van der Waals surface area contributed by atoms with Crippen molar-refractivity contribution >= 4 is 5.91 Å². The van der Waals surface area contributed by atoms with Crippen LogP contribution in [-0.2, 0) is 16.1 Å². The number of carbonyl (C=O) groups excluding carboxylic acids is 1. The molecule has 2 fully saturated rings. The minimum absolute atomic E-state index is 0.0172. The maximum Gasteiger partial charge on any atom is 0.248 e. The van der Waals surface area contributed by atoms with Gasteiger partial charge in [-0.15, -0.1) is 0 Å². The van der Waals surface area contributed by atoms with E-state index in [0.717, 1.165) is 25.1 Å². The molecule has 3 rings (SSSR count). The Morgan fingerprint density at radius 1 is 1.45 bits per heavy atom. The van der Waals surface area contributed by atoms with Gasteiger partial charge in [-0.05, 0) is 30.7 Å². The Balaban J connectivity index is 1.66. The fourth-order valence-corrected chi connectivity index (χ4v) is 2.93. The zero-order valence-electron chi connectivity index (χ0n) is 11.3. The summed E-state index contributed by atoms with van der Waals surface area (Å²) in [4.78, 5) is 13.7. The van der Waals surface area contributed by atoms with Crippen LogP contribution in [0.25, 0.3) is 0 Å². The lowest BCUT2D eigenvalue weighted by Crippen LogP contribution is -2.49. The topological polar surface area (TPSA) is 41.6 Å². The van der Waals surface area contributed by atoms with Crippen LogP contribution in [0.4, 0.5) is 4.39 Å². The van der Waals surface area contributed by atoms with Crippen molar-refractivity contribution in [3.05, 3.63) is 35.6 Å². The Hall–Kier alpha value is -1.46.